The largest absolute Gasteiger partial charge is 0.472 e. The Morgan fingerprint density at radius 1 is 0.816 bits per heavy atom. The maximum absolute atomic E-state index is 16.3. The van der Waals surface area contributed by atoms with E-state index in [0.29, 0.717) is 24.1 Å². The molecule has 4 aromatic heterocycles. The molecule has 4 N–H and O–H groups in total. The van der Waals surface area contributed by atoms with Crippen molar-refractivity contribution in [1.82, 2.24) is 39.0 Å². The smallest absolute Gasteiger partial charge is 0.325 e. The molecule has 0 radical (unpaired) electrons. The quantitative estimate of drug-likeness (QED) is 0.172. The molecule has 4 aromatic rings. The van der Waals surface area contributed by atoms with Crippen LogP contribution in [0.5, 0.6) is 5.88 Å². The van der Waals surface area contributed by atoms with Gasteiger partial charge in [0.15, 0.2) is 41.6 Å². The number of ether oxygens (including phenoxy) is 3. The van der Waals surface area contributed by atoms with E-state index in [-0.39, 0.29) is 35.2 Å². The highest BCUT2D eigenvalue weighted by Crippen LogP contribution is 2.54. The van der Waals surface area contributed by atoms with Crippen LogP contribution in [0.1, 0.15) is 24.6 Å². The van der Waals surface area contributed by atoms with Crippen LogP contribution in [0.25, 0.3) is 22.3 Å². The molecule has 0 spiro atoms. The van der Waals surface area contributed by atoms with Crippen molar-refractivity contribution in [2.45, 2.75) is 62.1 Å². The van der Waals surface area contributed by atoms with E-state index in [4.69, 9.17) is 61.7 Å². The van der Waals surface area contributed by atoms with Crippen LogP contribution in [0, 0.1) is 0 Å². The summed E-state index contributed by atoms with van der Waals surface area (Å²) >= 11 is 10.5. The molecule has 5 aliphatic rings. The number of alkyl halides is 2. The average molecular weight is 762 g/mol. The van der Waals surface area contributed by atoms with Gasteiger partial charge >= 0.3 is 13.4 Å². The number of nitrogen functional groups attached to an aromatic ring is 1. The van der Waals surface area contributed by atoms with Crippen molar-refractivity contribution in [2.75, 3.05) is 25.6 Å². The van der Waals surface area contributed by atoms with Gasteiger partial charge in [-0.2, -0.15) is 9.97 Å². The van der Waals surface area contributed by atoms with Gasteiger partial charge in [-0.3, -0.25) is 18.2 Å². The van der Waals surface area contributed by atoms with Gasteiger partial charge in [-0.15, -0.1) is 0 Å². The van der Waals surface area contributed by atoms with Gasteiger partial charge in [-0.05, 0) is 36.5 Å². The second kappa shape index (κ2) is 12.8. The number of hydrogen-bond acceptors (Lipinski definition) is 16. The third kappa shape index (κ3) is 6.27. The number of allylic oxidation sites excluding steroid dienone is 1. The van der Waals surface area contributed by atoms with E-state index in [0.717, 1.165) is 0 Å². The predicted octanol–water partition coefficient (Wildman–Crippen LogP) is 1.85. The van der Waals surface area contributed by atoms with Crippen molar-refractivity contribution in [2.24, 2.45) is 0 Å². The summed E-state index contributed by atoms with van der Waals surface area (Å²) in [5, 5.41) is 0. The number of nitrogens with two attached hydrogens (primary N) is 1. The van der Waals surface area contributed by atoms with Crippen molar-refractivity contribution in [3.05, 3.63) is 36.8 Å². The van der Waals surface area contributed by atoms with Crippen LogP contribution in [-0.4, -0.2) is 105 Å². The Morgan fingerprint density at radius 2 is 1.43 bits per heavy atom. The number of nitrogens with zero attached hydrogens (tertiary/aromatic N) is 8. The van der Waals surface area contributed by atoms with Crippen molar-refractivity contribution in [1.29, 1.82) is 0 Å². The van der Waals surface area contributed by atoms with Gasteiger partial charge in [0.1, 0.15) is 42.9 Å². The number of fused-ring (bicyclic) bond motifs is 10. The van der Waals surface area contributed by atoms with Gasteiger partial charge in [-0.25, -0.2) is 28.7 Å². The molecule has 10 atom stereocenters. The van der Waals surface area contributed by atoms with E-state index in [2.05, 4.69) is 29.9 Å². The van der Waals surface area contributed by atoms with Crippen LogP contribution in [0.15, 0.2) is 31.1 Å². The topological polar surface area (TPSA) is 218 Å². The highest BCUT2D eigenvalue weighted by molar-refractivity contribution is 8.07. The van der Waals surface area contributed by atoms with E-state index >= 15 is 8.78 Å². The Bertz CT molecular complexity index is 2040. The molecule has 0 saturated carbocycles. The van der Waals surface area contributed by atoms with Crippen molar-refractivity contribution in [3.8, 4) is 5.88 Å². The number of anilines is 1. The zero-order valence-corrected chi connectivity index (χ0v) is 28.3. The number of imidazole rings is 2. The summed E-state index contributed by atoms with van der Waals surface area (Å²) in [6, 6.07) is 0. The van der Waals surface area contributed by atoms with Crippen LogP contribution in [0.4, 0.5) is 14.7 Å². The van der Waals surface area contributed by atoms with Crippen LogP contribution >= 0.6 is 13.4 Å². The Labute approximate surface area is 285 Å². The fourth-order valence-corrected chi connectivity index (χ4v) is 8.93. The third-order valence-corrected chi connectivity index (χ3v) is 11.4. The first-order chi connectivity index (χ1) is 23.5. The number of aromatic nitrogens is 8. The molecule has 5 aliphatic heterocycles. The van der Waals surface area contributed by atoms with Crippen molar-refractivity contribution in [3.63, 3.8) is 0 Å². The van der Waals surface area contributed by atoms with E-state index < -0.39 is 75.9 Å². The van der Waals surface area contributed by atoms with Crippen LogP contribution in [0.2, 0.25) is 0 Å². The standard InChI is InChI=1S/C25H27F2N9O9P2S2/c26-14-18-12-6-40-47(38,49)45-19-13(7-41-46(37,48)44-18)43-24(15(19)27)36-10-32-17-21(36)33-25(28)34-22(17)39-5-3-1-2-4-11-16-20(30-8-29-11)35(9-31-16)23(14)42-12/h1,3,8-10,12-15,18-19,23-24H,2,4-7H2,(H,37,48)(H,38,49)(H2,28,33,34)/b3-1+/t12-,13-,14-,15-,18-,19-,23-,24-,46?,47?/m1/s1. The van der Waals surface area contributed by atoms with E-state index in [1.54, 1.807) is 6.08 Å². The Balaban J connectivity index is 1.22. The first-order valence-corrected chi connectivity index (χ1v) is 20.0. The Morgan fingerprint density at radius 3 is 2.08 bits per heavy atom. The lowest BCUT2D eigenvalue weighted by molar-refractivity contribution is -0.0583. The SMILES string of the molecule is Nc1nc2c3ncn(c3n1)[C@@H]1O[C@@H]3COP(O)(=S)O[C@H]4[C@@H](F)[C@@H](O[C@@H]4COP(O)(=S)O[C@H]3[C@H]1F)n1cnc3c(ncnc31)CC/C=C/CO2. The van der Waals surface area contributed by atoms with Crippen molar-refractivity contribution < 1.29 is 50.9 Å². The summed E-state index contributed by atoms with van der Waals surface area (Å²) in [4.78, 5) is 47.9. The molecule has 0 aromatic carbocycles. The van der Waals surface area contributed by atoms with Gasteiger partial charge in [0.2, 0.25) is 11.8 Å². The van der Waals surface area contributed by atoms with E-state index in [1.165, 1.54) is 28.1 Å². The molecular formula is C25H27F2N9O9P2S2. The molecule has 262 valence electrons. The molecule has 0 aliphatic carbocycles. The first-order valence-electron chi connectivity index (χ1n) is 14.8. The lowest BCUT2D eigenvalue weighted by Crippen LogP contribution is -2.37. The molecule has 3 fully saturated rings. The summed E-state index contributed by atoms with van der Waals surface area (Å²) in [5.41, 5.74) is 7.48. The molecule has 9 rings (SSSR count). The molecule has 2 unspecified atom stereocenters. The summed E-state index contributed by atoms with van der Waals surface area (Å²) in [6.07, 6.45) is -4.12. The molecular weight excluding hydrogens is 734 g/mol. The lowest BCUT2D eigenvalue weighted by Gasteiger charge is -2.29. The molecule has 0 amide bonds. The Kier molecular flexibility index (Phi) is 8.73. The number of hydrogen-bond donors (Lipinski definition) is 3. The fraction of sp³-hybridized carbons (Fsp3) is 0.520. The van der Waals surface area contributed by atoms with Gasteiger partial charge < -0.3 is 38.8 Å². The zero-order valence-electron chi connectivity index (χ0n) is 24.9. The third-order valence-electron chi connectivity index (χ3n) is 8.27. The molecule has 3 saturated heterocycles. The molecule has 18 nitrogen and oxygen atoms in total. The minimum absolute atomic E-state index is 0.0433. The van der Waals surface area contributed by atoms with E-state index in [9.17, 15) is 9.79 Å². The monoisotopic (exact) mass is 761 g/mol. The highest BCUT2D eigenvalue weighted by atomic mass is 32.5. The normalized spacial score (nSPS) is 37.6. The molecule has 24 heteroatoms. The maximum atomic E-state index is 16.3. The highest BCUT2D eigenvalue weighted by Gasteiger charge is 2.53. The van der Waals surface area contributed by atoms with E-state index in [1.807, 2.05) is 6.08 Å². The molecule has 49 heavy (non-hydrogen) atoms. The van der Waals surface area contributed by atoms with Gasteiger partial charge in [-0.1, -0.05) is 12.2 Å². The summed E-state index contributed by atoms with van der Waals surface area (Å²) < 4.78 is 75.4. The summed E-state index contributed by atoms with van der Waals surface area (Å²) in [7, 11) is 0. The molecule has 9 heterocycles. The maximum Gasteiger partial charge on any atom is 0.325 e. The number of halogens is 2. The summed E-state index contributed by atoms with van der Waals surface area (Å²) in [5.74, 6) is -0.137. The van der Waals surface area contributed by atoms with Crippen LogP contribution < -0.4 is 10.5 Å². The molecule has 14 bridgehead atoms. The second-order valence-corrected chi connectivity index (χ2v) is 16.9. The Hall–Kier alpha value is -2.72. The number of aryl methyl sites for hydroxylation is 1. The van der Waals surface area contributed by atoms with Crippen LogP contribution in [0.3, 0.4) is 0 Å². The summed E-state index contributed by atoms with van der Waals surface area (Å²) in [6.45, 7) is -9.64. The minimum Gasteiger partial charge on any atom is -0.472 e. The van der Waals surface area contributed by atoms with Gasteiger partial charge in [0.05, 0.1) is 31.6 Å². The number of rotatable bonds is 0. The first kappa shape index (κ1) is 33.4. The average Bonchev–Trinajstić information content (AvgIpc) is 3.81. The lowest BCUT2D eigenvalue weighted by atomic mass is 10.1. The van der Waals surface area contributed by atoms with Gasteiger partial charge in [0.25, 0.3) is 0 Å². The minimum atomic E-state index is -4.27. The second-order valence-electron chi connectivity index (χ2n) is 11.4. The van der Waals surface area contributed by atoms with Crippen LogP contribution in [-0.2, 0) is 57.6 Å². The fourth-order valence-electron chi connectivity index (χ4n) is 6.06. The van der Waals surface area contributed by atoms with Gasteiger partial charge in [0, 0.05) is 0 Å². The zero-order chi connectivity index (χ0) is 34.1. The predicted molar refractivity (Wildman–Crippen MR) is 170 cm³/mol. The van der Waals surface area contributed by atoms with Crippen molar-refractivity contribution >= 4 is 65.3 Å².